The highest BCUT2D eigenvalue weighted by Crippen LogP contribution is 2.36. The standard InChI is InChI=1S/C30H29F4N7O3/c31-20-5-1-4-19(16-20)22-7-3-13-39(22)27-10-9-25-35-17-23(41(25)37-27)21-6-2-8-26(36-21)38-14-15-40(24(18-38)30(32,33)34)28(42)11-12-29(43)44/h1-2,4-6,8-10,16-17,22,24H,3,7,11-15,18H2,(H,43,44)/t22-,24?/m1/s1. The number of carbonyl (C=O) groups excluding carboxylic acids is 1. The van der Waals surface area contributed by atoms with Crippen LogP contribution in [-0.2, 0) is 9.59 Å². The van der Waals surface area contributed by atoms with Crippen molar-refractivity contribution in [2.24, 2.45) is 0 Å². The summed E-state index contributed by atoms with van der Waals surface area (Å²) in [5.74, 6) is -1.42. The predicted molar refractivity (Wildman–Crippen MR) is 153 cm³/mol. The maximum Gasteiger partial charge on any atom is 0.410 e. The molecule has 0 spiro atoms. The number of hydrogen-bond donors (Lipinski definition) is 1. The van der Waals surface area contributed by atoms with E-state index in [1.165, 1.54) is 17.0 Å². The first-order valence-electron chi connectivity index (χ1n) is 14.3. The number of aromatic nitrogens is 4. The van der Waals surface area contributed by atoms with Crippen molar-refractivity contribution < 1.29 is 32.3 Å². The molecule has 2 aliphatic rings. The second-order valence-corrected chi connectivity index (χ2v) is 10.9. The molecule has 2 saturated heterocycles. The Bertz CT molecular complexity index is 1690. The third-order valence-electron chi connectivity index (χ3n) is 8.08. The Hall–Kier alpha value is -4.75. The van der Waals surface area contributed by atoms with Gasteiger partial charge in [0.25, 0.3) is 0 Å². The molecular weight excluding hydrogens is 582 g/mol. The molecule has 0 bridgehead atoms. The highest BCUT2D eigenvalue weighted by Gasteiger charge is 2.48. The number of hydrogen-bond acceptors (Lipinski definition) is 7. The second-order valence-electron chi connectivity index (χ2n) is 10.9. The number of halogens is 4. The zero-order valence-corrected chi connectivity index (χ0v) is 23.5. The van der Waals surface area contributed by atoms with Crippen molar-refractivity contribution in [1.29, 1.82) is 0 Å². The van der Waals surface area contributed by atoms with Gasteiger partial charge in [-0.3, -0.25) is 9.59 Å². The number of amides is 1. The van der Waals surface area contributed by atoms with Gasteiger partial charge in [-0.2, -0.15) is 13.2 Å². The minimum atomic E-state index is -4.71. The van der Waals surface area contributed by atoms with Crippen molar-refractivity contribution >= 4 is 29.2 Å². The van der Waals surface area contributed by atoms with Gasteiger partial charge in [0.15, 0.2) is 5.65 Å². The van der Waals surface area contributed by atoms with Gasteiger partial charge in [-0.1, -0.05) is 18.2 Å². The highest BCUT2D eigenvalue weighted by atomic mass is 19.4. The zero-order chi connectivity index (χ0) is 31.0. The minimum Gasteiger partial charge on any atom is -0.481 e. The van der Waals surface area contributed by atoms with Crippen molar-refractivity contribution in [2.45, 2.75) is 43.9 Å². The Balaban J connectivity index is 1.26. The highest BCUT2D eigenvalue weighted by molar-refractivity contribution is 5.81. The van der Waals surface area contributed by atoms with Crippen molar-refractivity contribution in [3.63, 3.8) is 0 Å². The van der Waals surface area contributed by atoms with Crippen molar-refractivity contribution in [3.05, 3.63) is 72.2 Å². The molecule has 3 aromatic heterocycles. The van der Waals surface area contributed by atoms with Crippen molar-refractivity contribution in [1.82, 2.24) is 24.5 Å². The first kappa shape index (κ1) is 29.3. The van der Waals surface area contributed by atoms with Crippen LogP contribution in [0.1, 0.15) is 37.3 Å². The molecule has 2 aliphatic heterocycles. The summed E-state index contributed by atoms with van der Waals surface area (Å²) in [4.78, 5) is 36.7. The summed E-state index contributed by atoms with van der Waals surface area (Å²) in [6.07, 6.45) is -2.38. The maximum atomic E-state index is 14.0. The molecule has 1 N–H and O–H groups in total. The van der Waals surface area contributed by atoms with Crippen LogP contribution < -0.4 is 9.80 Å². The third kappa shape index (κ3) is 5.88. The summed E-state index contributed by atoms with van der Waals surface area (Å²) in [5, 5.41) is 13.7. The van der Waals surface area contributed by atoms with E-state index in [2.05, 4.69) is 14.9 Å². The van der Waals surface area contributed by atoms with E-state index in [0.717, 1.165) is 24.9 Å². The van der Waals surface area contributed by atoms with E-state index in [-0.39, 0.29) is 24.9 Å². The Kier molecular flexibility index (Phi) is 7.82. The van der Waals surface area contributed by atoms with Crippen molar-refractivity contribution in [2.75, 3.05) is 36.0 Å². The number of carboxylic acid groups (broad SMARTS) is 1. The Labute approximate surface area is 249 Å². The number of fused-ring (bicyclic) bond motifs is 1. The molecule has 1 unspecified atom stereocenters. The molecule has 0 saturated carbocycles. The van der Waals surface area contributed by atoms with Gasteiger partial charge in [-0.25, -0.2) is 18.9 Å². The average Bonchev–Trinajstić information content (AvgIpc) is 3.67. The van der Waals surface area contributed by atoms with Crippen LogP contribution in [0.25, 0.3) is 17.0 Å². The molecule has 0 aliphatic carbocycles. The first-order valence-corrected chi connectivity index (χ1v) is 14.3. The van der Waals surface area contributed by atoms with E-state index < -0.39 is 43.5 Å². The third-order valence-corrected chi connectivity index (χ3v) is 8.08. The lowest BCUT2D eigenvalue weighted by molar-refractivity contribution is -0.190. The van der Waals surface area contributed by atoms with Crippen molar-refractivity contribution in [3.8, 4) is 11.4 Å². The SMILES string of the molecule is O=C(O)CCC(=O)N1CCN(c2cccc(-c3cnc4ccc(N5CCC[C@@H]5c5cccc(F)c5)nn34)n2)CC1C(F)(F)F. The van der Waals surface area contributed by atoms with Crippen LogP contribution in [0.4, 0.5) is 29.2 Å². The summed E-state index contributed by atoms with van der Waals surface area (Å²) in [6, 6.07) is 13.1. The molecule has 2 fully saturated rings. The lowest BCUT2D eigenvalue weighted by Crippen LogP contribution is -2.61. The molecule has 10 nitrogen and oxygen atoms in total. The number of carboxylic acids is 1. The van der Waals surface area contributed by atoms with Crippen LogP contribution in [0.2, 0.25) is 0 Å². The second kappa shape index (κ2) is 11.7. The molecular formula is C30H29F4N7O3. The van der Waals surface area contributed by atoms with Crippen LogP contribution in [0.3, 0.4) is 0 Å². The van der Waals surface area contributed by atoms with Gasteiger partial charge in [-0.15, -0.1) is 5.10 Å². The van der Waals surface area contributed by atoms with Gasteiger partial charge < -0.3 is 19.8 Å². The number of pyridine rings is 1. The van der Waals surface area contributed by atoms with E-state index in [9.17, 15) is 27.2 Å². The number of benzene rings is 1. The van der Waals surface area contributed by atoms with Gasteiger partial charge in [0.2, 0.25) is 5.91 Å². The average molecular weight is 612 g/mol. The smallest absolute Gasteiger partial charge is 0.410 e. The number of imidazole rings is 1. The molecule has 0 radical (unpaired) electrons. The first-order chi connectivity index (χ1) is 21.1. The Morgan fingerprint density at radius 3 is 2.57 bits per heavy atom. The fraction of sp³-hybridized carbons (Fsp3) is 0.367. The van der Waals surface area contributed by atoms with Crippen LogP contribution in [0.15, 0.2) is 60.8 Å². The van der Waals surface area contributed by atoms with E-state index in [1.54, 1.807) is 35.0 Å². The van der Waals surface area contributed by atoms with Crippen LogP contribution in [0, 0.1) is 5.82 Å². The number of carbonyl (C=O) groups is 2. The van der Waals surface area contributed by atoms with Crippen LogP contribution in [0.5, 0.6) is 0 Å². The van der Waals surface area contributed by atoms with Gasteiger partial charge in [0.05, 0.1) is 24.4 Å². The van der Waals surface area contributed by atoms with E-state index in [0.29, 0.717) is 33.6 Å². The molecule has 4 aromatic rings. The zero-order valence-electron chi connectivity index (χ0n) is 23.5. The Morgan fingerprint density at radius 1 is 0.977 bits per heavy atom. The number of piperazine rings is 1. The lowest BCUT2D eigenvalue weighted by atomic mass is 10.0. The molecule has 14 heteroatoms. The van der Waals surface area contributed by atoms with E-state index in [4.69, 9.17) is 10.2 Å². The summed E-state index contributed by atoms with van der Waals surface area (Å²) in [5.41, 5.74) is 2.42. The van der Waals surface area contributed by atoms with E-state index >= 15 is 0 Å². The molecule has 6 rings (SSSR count). The van der Waals surface area contributed by atoms with E-state index in [1.807, 2.05) is 18.2 Å². The number of aliphatic carboxylic acids is 1. The molecule has 230 valence electrons. The number of anilines is 2. The normalized spacial score (nSPS) is 19.1. The van der Waals surface area contributed by atoms with Gasteiger partial charge in [0.1, 0.15) is 29.2 Å². The lowest BCUT2D eigenvalue weighted by Gasteiger charge is -2.42. The molecule has 2 atom stereocenters. The maximum absolute atomic E-state index is 14.0. The van der Waals surface area contributed by atoms with Crippen LogP contribution in [-0.4, -0.2) is 79.9 Å². The molecule has 5 heterocycles. The number of alkyl halides is 3. The molecule has 44 heavy (non-hydrogen) atoms. The largest absolute Gasteiger partial charge is 0.481 e. The molecule has 1 aromatic carbocycles. The van der Waals surface area contributed by atoms with Crippen LogP contribution >= 0.6 is 0 Å². The summed E-state index contributed by atoms with van der Waals surface area (Å²) >= 11 is 0. The summed E-state index contributed by atoms with van der Waals surface area (Å²) < 4.78 is 57.7. The summed E-state index contributed by atoms with van der Waals surface area (Å²) in [6.45, 7) is 0.0680. The quantitative estimate of drug-likeness (QED) is 0.300. The minimum absolute atomic E-state index is 0.0414. The fourth-order valence-corrected chi connectivity index (χ4v) is 5.96. The Morgan fingerprint density at radius 2 is 1.80 bits per heavy atom. The number of rotatable bonds is 7. The predicted octanol–water partition coefficient (Wildman–Crippen LogP) is 4.72. The van der Waals surface area contributed by atoms with Gasteiger partial charge in [0, 0.05) is 32.6 Å². The molecule has 1 amide bonds. The van der Waals surface area contributed by atoms with Gasteiger partial charge >= 0.3 is 12.1 Å². The monoisotopic (exact) mass is 611 g/mol. The summed E-state index contributed by atoms with van der Waals surface area (Å²) in [7, 11) is 0. The fourth-order valence-electron chi connectivity index (χ4n) is 5.96. The van der Waals surface area contributed by atoms with Gasteiger partial charge in [-0.05, 0) is 54.8 Å². The number of nitrogens with zero attached hydrogens (tertiary/aromatic N) is 7. The topological polar surface area (TPSA) is 107 Å².